The summed E-state index contributed by atoms with van der Waals surface area (Å²) in [5.74, 6) is 6.18. The molecular formula is C26H35NO4. The van der Waals surface area contributed by atoms with E-state index in [2.05, 4.69) is 24.0 Å². The first kappa shape index (κ1) is 24.5. The lowest BCUT2D eigenvalue weighted by molar-refractivity contribution is -0.137. The Morgan fingerprint density at radius 1 is 1.19 bits per heavy atom. The Bertz CT molecular complexity index is 818. The number of rotatable bonds is 12. The minimum Gasteiger partial charge on any atom is -0.508 e. The average Bonchev–Trinajstić information content (AvgIpc) is 3.08. The molecule has 0 radical (unpaired) electrons. The molecule has 0 aliphatic carbocycles. The summed E-state index contributed by atoms with van der Waals surface area (Å²) in [5, 5.41) is 18.4. The van der Waals surface area contributed by atoms with E-state index in [1.807, 2.05) is 24.0 Å². The number of amides is 1. The van der Waals surface area contributed by atoms with Crippen LogP contribution in [-0.4, -0.2) is 39.6 Å². The van der Waals surface area contributed by atoms with Crippen molar-refractivity contribution >= 4 is 11.9 Å². The maximum absolute atomic E-state index is 12.1. The van der Waals surface area contributed by atoms with E-state index in [0.29, 0.717) is 25.0 Å². The van der Waals surface area contributed by atoms with Crippen molar-refractivity contribution in [1.29, 1.82) is 0 Å². The van der Waals surface area contributed by atoms with Gasteiger partial charge in [-0.3, -0.25) is 9.59 Å². The van der Waals surface area contributed by atoms with Crippen molar-refractivity contribution in [2.75, 3.05) is 6.54 Å². The van der Waals surface area contributed by atoms with E-state index in [4.69, 9.17) is 5.11 Å². The number of benzene rings is 1. The number of carbonyl (C=O) groups is 2. The van der Waals surface area contributed by atoms with Crippen LogP contribution in [-0.2, 0) is 16.0 Å². The van der Waals surface area contributed by atoms with Gasteiger partial charge < -0.3 is 15.1 Å². The predicted molar refractivity (Wildman–Crippen MR) is 123 cm³/mol. The van der Waals surface area contributed by atoms with Gasteiger partial charge in [0.25, 0.3) is 0 Å². The van der Waals surface area contributed by atoms with Crippen LogP contribution in [0, 0.1) is 18.8 Å². The summed E-state index contributed by atoms with van der Waals surface area (Å²) in [6, 6.07) is 5.88. The Labute approximate surface area is 186 Å². The zero-order chi connectivity index (χ0) is 22.5. The Balaban J connectivity index is 1.62. The van der Waals surface area contributed by atoms with Gasteiger partial charge in [-0.15, -0.1) is 5.92 Å². The number of likely N-dealkylation sites (tertiary alicyclic amines) is 1. The molecule has 5 nitrogen and oxygen atoms in total. The summed E-state index contributed by atoms with van der Waals surface area (Å²) in [7, 11) is 0. The minimum absolute atomic E-state index is 0.201. The molecule has 31 heavy (non-hydrogen) atoms. The Morgan fingerprint density at radius 2 is 2.00 bits per heavy atom. The first-order valence-corrected chi connectivity index (χ1v) is 11.4. The molecule has 1 aliphatic heterocycles. The van der Waals surface area contributed by atoms with E-state index >= 15 is 0 Å². The maximum atomic E-state index is 12.1. The quantitative estimate of drug-likeness (QED) is 0.281. The minimum atomic E-state index is -0.738. The number of carbonyl (C=O) groups excluding carboxylic acids is 1. The SMILES string of the molecule is Cc1ccc(CC#CCCC/C=C/C2CCC(=O)N2CCCCCCC(=O)O)cc1O. The van der Waals surface area contributed by atoms with Crippen LogP contribution < -0.4 is 0 Å². The molecule has 1 unspecified atom stereocenters. The highest BCUT2D eigenvalue weighted by Gasteiger charge is 2.28. The van der Waals surface area contributed by atoms with Crippen molar-refractivity contribution in [3.63, 3.8) is 0 Å². The van der Waals surface area contributed by atoms with Crippen molar-refractivity contribution in [2.45, 2.75) is 83.6 Å². The second-order valence-corrected chi connectivity index (χ2v) is 8.22. The molecule has 1 atom stereocenters. The zero-order valence-corrected chi connectivity index (χ0v) is 18.6. The number of carboxylic acid groups (broad SMARTS) is 1. The van der Waals surface area contributed by atoms with E-state index in [1.54, 1.807) is 6.07 Å². The number of aryl methyl sites for hydroxylation is 1. The summed E-state index contributed by atoms with van der Waals surface area (Å²) in [4.78, 5) is 24.6. The summed E-state index contributed by atoms with van der Waals surface area (Å²) in [5.41, 5.74) is 1.91. The van der Waals surface area contributed by atoms with E-state index in [9.17, 15) is 14.7 Å². The highest BCUT2D eigenvalue weighted by atomic mass is 16.4. The summed E-state index contributed by atoms with van der Waals surface area (Å²) in [6.07, 6.45) is 13.0. The van der Waals surface area contributed by atoms with Crippen LogP contribution in [0.2, 0.25) is 0 Å². The Morgan fingerprint density at radius 3 is 2.77 bits per heavy atom. The molecule has 168 valence electrons. The first-order chi connectivity index (χ1) is 15.0. The van der Waals surface area contributed by atoms with Crippen LogP contribution in [0.25, 0.3) is 0 Å². The molecule has 1 aliphatic rings. The summed E-state index contributed by atoms with van der Waals surface area (Å²) in [6.45, 7) is 2.64. The van der Waals surface area contributed by atoms with E-state index in [-0.39, 0.29) is 18.4 Å². The van der Waals surface area contributed by atoms with Gasteiger partial charge >= 0.3 is 5.97 Å². The summed E-state index contributed by atoms with van der Waals surface area (Å²) < 4.78 is 0. The van der Waals surface area contributed by atoms with Crippen molar-refractivity contribution in [3.05, 3.63) is 41.5 Å². The fourth-order valence-electron chi connectivity index (χ4n) is 3.74. The van der Waals surface area contributed by atoms with Gasteiger partial charge in [0.1, 0.15) is 5.75 Å². The smallest absolute Gasteiger partial charge is 0.303 e. The molecule has 5 heteroatoms. The van der Waals surface area contributed by atoms with Gasteiger partial charge in [0.05, 0.1) is 6.04 Å². The molecule has 1 fully saturated rings. The van der Waals surface area contributed by atoms with E-state index in [0.717, 1.165) is 62.6 Å². The van der Waals surface area contributed by atoms with Crippen LogP contribution in [0.1, 0.15) is 75.3 Å². The number of allylic oxidation sites excluding steroid dienone is 1. The second-order valence-electron chi connectivity index (χ2n) is 8.22. The highest BCUT2D eigenvalue weighted by molar-refractivity contribution is 5.79. The van der Waals surface area contributed by atoms with Gasteiger partial charge in [-0.1, -0.05) is 43.0 Å². The molecule has 2 N–H and O–H groups in total. The number of carboxylic acids is 1. The molecule has 1 aromatic carbocycles. The van der Waals surface area contributed by atoms with Crippen LogP contribution in [0.5, 0.6) is 5.75 Å². The van der Waals surface area contributed by atoms with E-state index < -0.39 is 5.97 Å². The lowest BCUT2D eigenvalue weighted by Gasteiger charge is -2.22. The number of nitrogens with zero attached hydrogens (tertiary/aromatic N) is 1. The standard InChI is InChI=1S/C26H35NO4/c1-21-15-16-22(20-24(21)28)12-8-4-2-3-5-9-13-23-17-18-25(29)27(23)19-11-7-6-10-14-26(30)31/h9,13,15-16,20,23,28H,2-3,5-7,10-12,14,17-19H2,1H3,(H,30,31)/b13-9+. The number of aliphatic carboxylic acids is 1. The Kier molecular flexibility index (Phi) is 10.7. The normalized spacial score (nSPS) is 16.0. The number of aromatic hydroxyl groups is 1. The fraction of sp³-hybridized carbons (Fsp3) is 0.538. The van der Waals surface area contributed by atoms with Gasteiger partial charge in [0.2, 0.25) is 5.91 Å². The van der Waals surface area contributed by atoms with Crippen LogP contribution in [0.4, 0.5) is 0 Å². The number of phenolic OH excluding ortho intramolecular Hbond substituents is 1. The predicted octanol–water partition coefficient (Wildman–Crippen LogP) is 5.00. The van der Waals surface area contributed by atoms with Crippen LogP contribution in [0.3, 0.4) is 0 Å². The topological polar surface area (TPSA) is 77.8 Å². The average molecular weight is 426 g/mol. The molecule has 0 aromatic heterocycles. The van der Waals surface area contributed by atoms with Crippen LogP contribution >= 0.6 is 0 Å². The molecule has 1 aromatic rings. The second kappa shape index (κ2) is 13.5. The third-order valence-corrected chi connectivity index (χ3v) is 5.64. The van der Waals surface area contributed by atoms with Crippen molar-refractivity contribution < 1.29 is 19.8 Å². The third kappa shape index (κ3) is 9.29. The number of hydrogen-bond donors (Lipinski definition) is 2. The van der Waals surface area contributed by atoms with Crippen LogP contribution in [0.15, 0.2) is 30.4 Å². The van der Waals surface area contributed by atoms with Gasteiger partial charge in [0.15, 0.2) is 0 Å². The molecule has 0 spiro atoms. The van der Waals surface area contributed by atoms with Crippen molar-refractivity contribution in [2.24, 2.45) is 0 Å². The molecule has 0 bridgehead atoms. The largest absolute Gasteiger partial charge is 0.508 e. The highest BCUT2D eigenvalue weighted by Crippen LogP contribution is 2.21. The lowest BCUT2D eigenvalue weighted by Crippen LogP contribution is -2.32. The van der Waals surface area contributed by atoms with Crippen molar-refractivity contribution in [1.82, 2.24) is 4.90 Å². The molecule has 1 saturated heterocycles. The third-order valence-electron chi connectivity index (χ3n) is 5.64. The molecule has 0 saturated carbocycles. The maximum Gasteiger partial charge on any atom is 0.303 e. The molecule has 1 amide bonds. The molecule has 2 rings (SSSR count). The molecular weight excluding hydrogens is 390 g/mol. The fourth-order valence-corrected chi connectivity index (χ4v) is 3.74. The van der Waals surface area contributed by atoms with Gasteiger partial charge in [-0.05, 0) is 56.2 Å². The van der Waals surface area contributed by atoms with Crippen molar-refractivity contribution in [3.8, 4) is 17.6 Å². The van der Waals surface area contributed by atoms with E-state index in [1.165, 1.54) is 0 Å². The summed E-state index contributed by atoms with van der Waals surface area (Å²) >= 11 is 0. The zero-order valence-electron chi connectivity index (χ0n) is 18.6. The lowest BCUT2D eigenvalue weighted by atomic mass is 10.1. The number of phenols is 1. The Hall–Kier alpha value is -2.74. The van der Waals surface area contributed by atoms with Gasteiger partial charge in [0, 0.05) is 32.2 Å². The van der Waals surface area contributed by atoms with Gasteiger partial charge in [-0.2, -0.15) is 0 Å². The van der Waals surface area contributed by atoms with Gasteiger partial charge in [-0.25, -0.2) is 0 Å². The first-order valence-electron chi connectivity index (χ1n) is 11.4. The number of unbranched alkanes of at least 4 members (excludes halogenated alkanes) is 5. The number of hydrogen-bond acceptors (Lipinski definition) is 3. The molecule has 1 heterocycles. The monoisotopic (exact) mass is 425 g/mol.